The molecule has 0 saturated heterocycles. The van der Waals surface area contributed by atoms with Gasteiger partial charge in [-0.3, -0.25) is 0 Å². The van der Waals surface area contributed by atoms with Crippen molar-refractivity contribution in [2.45, 2.75) is 72.6 Å². The number of hydrogen-bond acceptors (Lipinski definition) is 2. The molecule has 23 heavy (non-hydrogen) atoms. The van der Waals surface area contributed by atoms with E-state index >= 15 is 0 Å². The second-order valence-corrected chi connectivity index (χ2v) is 19.5. The number of rotatable bonds is 13. The molecular weight excluding hydrogens is 391 g/mol. The van der Waals surface area contributed by atoms with Crippen LogP contribution in [0.4, 0.5) is 0 Å². The van der Waals surface area contributed by atoms with Crippen molar-refractivity contribution in [3.8, 4) is 11.8 Å². The first-order chi connectivity index (χ1) is 11.2. The van der Waals surface area contributed by atoms with Crippen molar-refractivity contribution in [2.75, 3.05) is 27.4 Å². The van der Waals surface area contributed by atoms with E-state index in [1.165, 1.54) is 55.4 Å². The van der Waals surface area contributed by atoms with Crippen molar-refractivity contribution in [2.24, 2.45) is 0 Å². The third-order valence-electron chi connectivity index (χ3n) is 4.49. The summed E-state index contributed by atoms with van der Waals surface area (Å²) in [7, 11) is 3.49. The Morgan fingerprint density at radius 3 is 1.78 bits per heavy atom. The van der Waals surface area contributed by atoms with Crippen LogP contribution in [0.2, 0.25) is 13.3 Å². The monoisotopic (exact) mass is 430 g/mol. The Morgan fingerprint density at radius 1 is 0.870 bits per heavy atom. The Bertz CT molecular complexity index is 344. The van der Waals surface area contributed by atoms with Gasteiger partial charge < -0.3 is 0 Å². The Balaban J connectivity index is 5.56. The van der Waals surface area contributed by atoms with Gasteiger partial charge in [-0.2, -0.15) is 0 Å². The number of allylic oxidation sites excluding steroid dienone is 1. The van der Waals surface area contributed by atoms with E-state index in [0.717, 1.165) is 0 Å². The quantitative estimate of drug-likeness (QED) is 0.281. The van der Waals surface area contributed by atoms with Crippen LogP contribution in [0.25, 0.3) is 0 Å². The van der Waals surface area contributed by atoms with Gasteiger partial charge in [-0.05, 0) is 0 Å². The van der Waals surface area contributed by atoms with Crippen molar-refractivity contribution >= 4 is 18.4 Å². The third kappa shape index (κ3) is 9.79. The zero-order chi connectivity index (χ0) is 17.4. The molecular formula is C20H38O2Sn. The zero-order valence-corrected chi connectivity index (χ0v) is 19.0. The van der Waals surface area contributed by atoms with Gasteiger partial charge in [-0.25, -0.2) is 0 Å². The summed E-state index contributed by atoms with van der Waals surface area (Å²) in [5, 5.41) is 0. The summed E-state index contributed by atoms with van der Waals surface area (Å²) in [6.07, 6.45) is 10.3. The third-order valence-corrected chi connectivity index (χ3v) is 19.9. The van der Waals surface area contributed by atoms with Gasteiger partial charge in [0.05, 0.1) is 0 Å². The van der Waals surface area contributed by atoms with Gasteiger partial charge in [0.15, 0.2) is 0 Å². The molecule has 0 heterocycles. The summed E-state index contributed by atoms with van der Waals surface area (Å²) >= 11 is -2.42. The van der Waals surface area contributed by atoms with Crippen LogP contribution in [-0.2, 0) is 9.47 Å². The van der Waals surface area contributed by atoms with E-state index in [0.29, 0.717) is 13.2 Å². The first kappa shape index (κ1) is 23.0. The Hall–Kier alpha value is 0.0187. The van der Waals surface area contributed by atoms with Crippen molar-refractivity contribution in [1.82, 2.24) is 0 Å². The van der Waals surface area contributed by atoms with Crippen LogP contribution in [0.1, 0.15) is 59.3 Å². The van der Waals surface area contributed by atoms with E-state index in [1.807, 2.05) is 0 Å². The molecule has 0 aliphatic heterocycles. The van der Waals surface area contributed by atoms with Crippen LogP contribution in [0.15, 0.2) is 9.67 Å². The van der Waals surface area contributed by atoms with Gasteiger partial charge in [0.2, 0.25) is 0 Å². The minimum absolute atomic E-state index is 0.529. The van der Waals surface area contributed by atoms with Gasteiger partial charge in [-0.15, -0.1) is 0 Å². The molecule has 0 atom stereocenters. The van der Waals surface area contributed by atoms with Crippen molar-refractivity contribution in [1.29, 1.82) is 0 Å². The molecule has 3 heteroatoms. The molecule has 0 rings (SSSR count). The van der Waals surface area contributed by atoms with E-state index in [1.54, 1.807) is 14.2 Å². The van der Waals surface area contributed by atoms with Gasteiger partial charge in [0.1, 0.15) is 0 Å². The number of ether oxygens (including phenoxy) is 2. The predicted octanol–water partition coefficient (Wildman–Crippen LogP) is 5.60. The minimum atomic E-state index is -2.42. The first-order valence-electron chi connectivity index (χ1n) is 9.38. The van der Waals surface area contributed by atoms with Crippen LogP contribution in [-0.4, -0.2) is 45.8 Å². The van der Waals surface area contributed by atoms with Gasteiger partial charge in [-0.1, -0.05) is 0 Å². The molecule has 0 bridgehead atoms. The molecule has 0 amide bonds. The summed E-state index contributed by atoms with van der Waals surface area (Å²) in [4.78, 5) is 0. The number of methoxy groups -OCH3 is 2. The topological polar surface area (TPSA) is 18.5 Å². The fraction of sp³-hybridized carbons (Fsp3) is 0.800. The predicted molar refractivity (Wildman–Crippen MR) is 105 cm³/mol. The number of unbranched alkanes of at least 4 members (excludes halogenated alkanes) is 3. The molecule has 0 aromatic carbocycles. The van der Waals surface area contributed by atoms with Crippen LogP contribution in [0, 0.1) is 11.8 Å². The van der Waals surface area contributed by atoms with E-state index in [4.69, 9.17) is 9.47 Å². The summed E-state index contributed by atoms with van der Waals surface area (Å²) in [6, 6.07) is 0. The van der Waals surface area contributed by atoms with E-state index in [-0.39, 0.29) is 0 Å². The molecule has 0 fully saturated rings. The summed E-state index contributed by atoms with van der Waals surface area (Å²) in [5.41, 5.74) is 0. The standard InChI is InChI=1S/C8H11O2.3C4H9.Sn/c1-9-7-5-3-4-6-8-10-2;3*1-3-4-2;/h5H,7-8H2,1-2H3;3*1,3-4H2,2H3;. The molecule has 0 aliphatic rings. The van der Waals surface area contributed by atoms with Crippen molar-refractivity contribution < 1.29 is 9.47 Å². The maximum atomic E-state index is 5.35. The SMILES string of the molecule is CCC[CH2][Sn]([CH2]CCC)([CH2]CCC)/[C](C#CCOC)=C/COC. The maximum absolute atomic E-state index is 5.35. The molecule has 0 N–H and O–H groups in total. The van der Waals surface area contributed by atoms with Crippen molar-refractivity contribution in [3.63, 3.8) is 0 Å². The number of hydrogen-bond donors (Lipinski definition) is 0. The molecule has 134 valence electrons. The Morgan fingerprint density at radius 2 is 1.39 bits per heavy atom. The van der Waals surface area contributed by atoms with Crippen LogP contribution in [0.5, 0.6) is 0 Å². The fourth-order valence-corrected chi connectivity index (χ4v) is 18.8. The normalized spacial score (nSPS) is 12.1. The second kappa shape index (κ2) is 15.5. The van der Waals surface area contributed by atoms with Gasteiger partial charge in [0, 0.05) is 0 Å². The van der Waals surface area contributed by atoms with Gasteiger partial charge >= 0.3 is 149 Å². The van der Waals surface area contributed by atoms with E-state index in [2.05, 4.69) is 38.7 Å². The Kier molecular flexibility index (Phi) is 15.6. The molecule has 0 radical (unpaired) electrons. The van der Waals surface area contributed by atoms with Crippen LogP contribution in [0.3, 0.4) is 0 Å². The first-order valence-corrected chi connectivity index (χ1v) is 16.9. The summed E-state index contributed by atoms with van der Waals surface area (Å²) < 4.78 is 16.3. The molecule has 0 aromatic rings. The molecule has 0 saturated carbocycles. The van der Waals surface area contributed by atoms with Crippen LogP contribution >= 0.6 is 0 Å². The average Bonchev–Trinajstić information content (AvgIpc) is 2.58. The average molecular weight is 429 g/mol. The fourth-order valence-electron chi connectivity index (χ4n) is 3.09. The Labute approximate surface area is 149 Å². The van der Waals surface area contributed by atoms with Crippen LogP contribution < -0.4 is 0 Å². The summed E-state index contributed by atoms with van der Waals surface area (Å²) in [6.45, 7) is 8.16. The second-order valence-electron chi connectivity index (χ2n) is 6.40. The van der Waals surface area contributed by atoms with E-state index in [9.17, 15) is 0 Å². The molecule has 0 spiro atoms. The van der Waals surface area contributed by atoms with Gasteiger partial charge in [0.25, 0.3) is 0 Å². The summed E-state index contributed by atoms with van der Waals surface area (Å²) in [5.74, 6) is 6.76. The molecule has 0 aromatic heterocycles. The molecule has 0 aliphatic carbocycles. The molecule has 0 unspecified atom stereocenters. The van der Waals surface area contributed by atoms with Crippen molar-refractivity contribution in [3.05, 3.63) is 9.67 Å². The molecule has 2 nitrogen and oxygen atoms in total. The zero-order valence-electron chi connectivity index (χ0n) is 16.2. The van der Waals surface area contributed by atoms with E-state index < -0.39 is 18.4 Å².